The minimum absolute atomic E-state index is 0.214. The Balaban J connectivity index is 1.81. The number of rotatable bonds is 5. The van der Waals surface area contributed by atoms with Crippen molar-refractivity contribution in [3.8, 4) is 0 Å². The molecule has 7 heteroatoms. The number of carbonyl (C=O) groups excluding carboxylic acids is 1. The van der Waals surface area contributed by atoms with Crippen LogP contribution in [0.15, 0.2) is 10.4 Å². The van der Waals surface area contributed by atoms with Crippen molar-refractivity contribution in [3.63, 3.8) is 0 Å². The van der Waals surface area contributed by atoms with Crippen molar-refractivity contribution in [2.24, 2.45) is 16.6 Å². The van der Waals surface area contributed by atoms with Crippen LogP contribution in [0, 0.1) is 12.8 Å². The van der Waals surface area contributed by atoms with E-state index in [4.69, 9.17) is 5.73 Å². The number of primary amides is 1. The largest absolute Gasteiger partial charge is 0.370 e. The maximum absolute atomic E-state index is 11.1. The van der Waals surface area contributed by atoms with E-state index in [0.717, 1.165) is 55.6 Å². The van der Waals surface area contributed by atoms with E-state index < -0.39 is 0 Å². The third-order valence-electron chi connectivity index (χ3n) is 3.85. The summed E-state index contributed by atoms with van der Waals surface area (Å²) in [5.74, 6) is 1.03. The van der Waals surface area contributed by atoms with Gasteiger partial charge in [0.1, 0.15) is 0 Å². The minimum Gasteiger partial charge on any atom is -0.370 e. The Morgan fingerprint density at radius 3 is 3.09 bits per heavy atom. The van der Waals surface area contributed by atoms with E-state index in [9.17, 15) is 4.79 Å². The number of hydrogen-bond acceptors (Lipinski definition) is 4. The first-order valence-electron chi connectivity index (χ1n) is 7.73. The van der Waals surface area contributed by atoms with E-state index in [0.29, 0.717) is 12.3 Å². The summed E-state index contributed by atoms with van der Waals surface area (Å²) >= 11 is 1.68. The van der Waals surface area contributed by atoms with Crippen LogP contribution < -0.4 is 11.1 Å². The van der Waals surface area contributed by atoms with Crippen molar-refractivity contribution in [1.29, 1.82) is 0 Å². The van der Waals surface area contributed by atoms with Crippen LogP contribution in [0.4, 0.5) is 0 Å². The average molecular weight is 323 g/mol. The predicted octanol–water partition coefficient (Wildman–Crippen LogP) is 1.16. The van der Waals surface area contributed by atoms with Gasteiger partial charge < -0.3 is 16.0 Å². The Kier molecular flexibility index (Phi) is 6.18. The van der Waals surface area contributed by atoms with Crippen LogP contribution in [0.1, 0.15) is 30.0 Å². The van der Waals surface area contributed by atoms with Gasteiger partial charge in [0.2, 0.25) is 5.91 Å². The number of carbonyl (C=O) groups is 1. The Morgan fingerprint density at radius 2 is 2.45 bits per heavy atom. The SMILES string of the molecule is CN=C(NCCc1csc(C)n1)N1CCCC(CC(N)=O)C1. The molecule has 2 rings (SSSR count). The summed E-state index contributed by atoms with van der Waals surface area (Å²) in [4.78, 5) is 22.1. The van der Waals surface area contributed by atoms with Gasteiger partial charge in [-0.1, -0.05) is 0 Å². The molecule has 1 unspecified atom stereocenters. The lowest BCUT2D eigenvalue weighted by atomic mass is 9.95. The van der Waals surface area contributed by atoms with Crippen molar-refractivity contribution >= 4 is 23.2 Å². The standard InChI is InChI=1S/C15H25N5OS/c1-11-19-13(10-22-11)5-6-18-15(17-2)20-7-3-4-12(9-20)8-14(16)21/h10,12H,3-9H2,1-2H3,(H2,16,21)(H,17,18). The molecular weight excluding hydrogens is 298 g/mol. The molecule has 1 aliphatic heterocycles. The lowest BCUT2D eigenvalue weighted by molar-refractivity contribution is -0.119. The van der Waals surface area contributed by atoms with Gasteiger partial charge in [-0.2, -0.15) is 0 Å². The third-order valence-corrected chi connectivity index (χ3v) is 4.67. The number of nitrogens with zero attached hydrogens (tertiary/aromatic N) is 3. The average Bonchev–Trinajstić information content (AvgIpc) is 2.89. The van der Waals surface area contributed by atoms with Crippen LogP contribution in [-0.4, -0.2) is 48.4 Å². The molecule has 0 bridgehead atoms. The quantitative estimate of drug-likeness (QED) is 0.629. The highest BCUT2D eigenvalue weighted by molar-refractivity contribution is 7.09. The number of guanidine groups is 1. The molecular formula is C15H25N5OS. The van der Waals surface area contributed by atoms with Crippen LogP contribution >= 0.6 is 11.3 Å². The van der Waals surface area contributed by atoms with Crippen LogP contribution in [0.3, 0.4) is 0 Å². The van der Waals surface area contributed by atoms with Gasteiger partial charge in [-0.25, -0.2) is 4.98 Å². The van der Waals surface area contributed by atoms with Crippen LogP contribution in [0.25, 0.3) is 0 Å². The van der Waals surface area contributed by atoms with Gasteiger partial charge in [0.15, 0.2) is 5.96 Å². The zero-order chi connectivity index (χ0) is 15.9. The highest BCUT2D eigenvalue weighted by atomic mass is 32.1. The van der Waals surface area contributed by atoms with Crippen molar-refractivity contribution in [2.75, 3.05) is 26.7 Å². The lowest BCUT2D eigenvalue weighted by Crippen LogP contribution is -2.47. The van der Waals surface area contributed by atoms with Gasteiger partial charge >= 0.3 is 0 Å². The number of hydrogen-bond donors (Lipinski definition) is 2. The third kappa shape index (κ3) is 4.98. The molecule has 0 radical (unpaired) electrons. The van der Waals surface area contributed by atoms with E-state index in [2.05, 4.69) is 25.6 Å². The number of aromatic nitrogens is 1. The number of aliphatic imine (C=N–C) groups is 1. The Labute approximate surface area is 135 Å². The molecule has 1 atom stereocenters. The fraction of sp³-hybridized carbons (Fsp3) is 0.667. The van der Waals surface area contributed by atoms with Gasteiger partial charge in [0.25, 0.3) is 0 Å². The highest BCUT2D eigenvalue weighted by Crippen LogP contribution is 2.19. The van der Waals surface area contributed by atoms with Crippen LogP contribution in [0.2, 0.25) is 0 Å². The van der Waals surface area contributed by atoms with E-state index in [1.165, 1.54) is 0 Å². The predicted molar refractivity (Wildman–Crippen MR) is 90.0 cm³/mol. The van der Waals surface area contributed by atoms with Crippen molar-refractivity contribution in [2.45, 2.75) is 32.6 Å². The molecule has 2 heterocycles. The first-order chi connectivity index (χ1) is 10.6. The van der Waals surface area contributed by atoms with Crippen molar-refractivity contribution < 1.29 is 4.79 Å². The second-order valence-corrected chi connectivity index (χ2v) is 6.77. The van der Waals surface area contributed by atoms with E-state index in [-0.39, 0.29) is 5.91 Å². The second-order valence-electron chi connectivity index (χ2n) is 5.71. The normalized spacial score (nSPS) is 19.3. The molecule has 1 saturated heterocycles. The van der Waals surface area contributed by atoms with Gasteiger partial charge in [-0.3, -0.25) is 9.79 Å². The molecule has 1 aliphatic rings. The number of nitrogens with one attached hydrogen (secondary N) is 1. The van der Waals surface area contributed by atoms with Crippen molar-refractivity contribution in [3.05, 3.63) is 16.1 Å². The number of nitrogens with two attached hydrogens (primary N) is 1. The van der Waals surface area contributed by atoms with E-state index >= 15 is 0 Å². The van der Waals surface area contributed by atoms with Gasteiger partial charge in [-0.05, 0) is 25.7 Å². The molecule has 1 aromatic heterocycles. The smallest absolute Gasteiger partial charge is 0.217 e. The molecule has 0 spiro atoms. The van der Waals surface area contributed by atoms with Crippen LogP contribution in [-0.2, 0) is 11.2 Å². The molecule has 122 valence electrons. The van der Waals surface area contributed by atoms with Gasteiger partial charge in [0, 0.05) is 44.9 Å². The topological polar surface area (TPSA) is 83.6 Å². The summed E-state index contributed by atoms with van der Waals surface area (Å²) in [7, 11) is 1.80. The molecule has 3 N–H and O–H groups in total. The first-order valence-corrected chi connectivity index (χ1v) is 8.61. The molecule has 6 nitrogen and oxygen atoms in total. The minimum atomic E-state index is -0.214. The number of piperidine rings is 1. The zero-order valence-electron chi connectivity index (χ0n) is 13.3. The molecule has 1 aromatic rings. The molecule has 1 fully saturated rings. The fourth-order valence-electron chi connectivity index (χ4n) is 2.87. The summed E-state index contributed by atoms with van der Waals surface area (Å²) in [5, 5.41) is 6.60. The number of likely N-dealkylation sites (tertiary alicyclic amines) is 1. The van der Waals surface area contributed by atoms with E-state index in [1.807, 2.05) is 6.92 Å². The zero-order valence-corrected chi connectivity index (χ0v) is 14.2. The highest BCUT2D eigenvalue weighted by Gasteiger charge is 2.23. The monoisotopic (exact) mass is 323 g/mol. The fourth-order valence-corrected chi connectivity index (χ4v) is 3.51. The van der Waals surface area contributed by atoms with E-state index in [1.54, 1.807) is 18.4 Å². The maximum Gasteiger partial charge on any atom is 0.217 e. The Morgan fingerprint density at radius 1 is 1.64 bits per heavy atom. The van der Waals surface area contributed by atoms with Gasteiger partial charge in [0.05, 0.1) is 10.7 Å². The summed E-state index contributed by atoms with van der Waals surface area (Å²) in [6.45, 7) is 4.66. The van der Waals surface area contributed by atoms with Gasteiger partial charge in [-0.15, -0.1) is 11.3 Å². The summed E-state index contributed by atoms with van der Waals surface area (Å²) in [6, 6.07) is 0. The molecule has 1 amide bonds. The summed E-state index contributed by atoms with van der Waals surface area (Å²) in [6.07, 6.45) is 3.49. The number of thiazole rings is 1. The Bertz CT molecular complexity index is 528. The Hall–Kier alpha value is -1.63. The first kappa shape index (κ1) is 16.7. The maximum atomic E-state index is 11.1. The number of aryl methyl sites for hydroxylation is 1. The molecule has 0 saturated carbocycles. The second kappa shape index (κ2) is 8.12. The molecule has 0 aliphatic carbocycles. The summed E-state index contributed by atoms with van der Waals surface area (Å²) in [5.41, 5.74) is 6.44. The van der Waals surface area contributed by atoms with Crippen molar-refractivity contribution in [1.82, 2.24) is 15.2 Å². The molecule has 0 aromatic carbocycles. The number of amides is 1. The van der Waals surface area contributed by atoms with Crippen LogP contribution in [0.5, 0.6) is 0 Å². The molecule has 22 heavy (non-hydrogen) atoms. The lowest BCUT2D eigenvalue weighted by Gasteiger charge is -2.34. The summed E-state index contributed by atoms with van der Waals surface area (Å²) < 4.78 is 0.